The van der Waals surface area contributed by atoms with Gasteiger partial charge < -0.3 is 24.9 Å². The number of morpholine rings is 1. The fourth-order valence-electron chi connectivity index (χ4n) is 4.84. The smallest absolute Gasteiger partial charge is 0.261 e. The second-order valence-electron chi connectivity index (χ2n) is 9.13. The van der Waals surface area contributed by atoms with E-state index in [1.54, 1.807) is 12.3 Å². The number of H-pyrrole nitrogens is 2. The average molecular weight is 515 g/mol. The summed E-state index contributed by atoms with van der Waals surface area (Å²) < 4.78 is 5.49. The molecule has 9 heteroatoms. The molecular formula is C28H27ClN6O2. The third-order valence-corrected chi connectivity index (χ3v) is 6.93. The van der Waals surface area contributed by atoms with Crippen molar-refractivity contribution in [3.8, 4) is 11.4 Å². The number of hydrogen-bond acceptors (Lipinski definition) is 6. The minimum absolute atomic E-state index is 0.213. The number of rotatable bonds is 7. The second kappa shape index (κ2) is 10.2. The summed E-state index contributed by atoms with van der Waals surface area (Å²) in [6.45, 7) is 3.80. The van der Waals surface area contributed by atoms with Crippen LogP contribution in [0.4, 0.5) is 11.4 Å². The molecule has 3 aromatic heterocycles. The number of hydrogen-bond donors (Lipinski definition) is 3. The molecule has 8 nitrogen and oxygen atoms in total. The molecular weight excluding hydrogens is 488 g/mol. The van der Waals surface area contributed by atoms with Gasteiger partial charge in [-0.3, -0.25) is 9.78 Å². The van der Waals surface area contributed by atoms with Crippen molar-refractivity contribution in [2.45, 2.75) is 12.8 Å². The fraction of sp³-hybridized carbons (Fsp3) is 0.250. The Kier molecular flexibility index (Phi) is 6.51. The zero-order valence-corrected chi connectivity index (χ0v) is 21.0. The highest BCUT2D eigenvalue weighted by atomic mass is 35.5. The van der Waals surface area contributed by atoms with Crippen LogP contribution in [-0.4, -0.2) is 52.8 Å². The van der Waals surface area contributed by atoms with E-state index in [1.807, 2.05) is 36.4 Å². The Hall–Kier alpha value is -3.88. The first kappa shape index (κ1) is 23.5. The summed E-state index contributed by atoms with van der Waals surface area (Å²) in [5.74, 6) is 0.518. The Morgan fingerprint density at radius 3 is 2.76 bits per heavy atom. The molecule has 2 aromatic carbocycles. The topological polar surface area (TPSA) is 98.9 Å². The lowest BCUT2D eigenvalue weighted by molar-refractivity contribution is 0.122. The molecule has 0 saturated carbocycles. The number of imidazole rings is 1. The van der Waals surface area contributed by atoms with Crippen LogP contribution in [-0.2, 0) is 11.2 Å². The van der Waals surface area contributed by atoms with Gasteiger partial charge in [0.1, 0.15) is 11.4 Å². The molecule has 188 valence electrons. The molecule has 0 bridgehead atoms. The van der Waals surface area contributed by atoms with E-state index in [0.717, 1.165) is 78.1 Å². The van der Waals surface area contributed by atoms with E-state index in [1.165, 1.54) is 0 Å². The highest BCUT2D eigenvalue weighted by Crippen LogP contribution is 2.33. The number of ether oxygens (including phenoxy) is 1. The third-order valence-electron chi connectivity index (χ3n) is 6.69. The Morgan fingerprint density at radius 1 is 1.03 bits per heavy atom. The van der Waals surface area contributed by atoms with Crippen LogP contribution in [0.2, 0.25) is 5.02 Å². The molecule has 1 aliphatic rings. The van der Waals surface area contributed by atoms with Crippen molar-refractivity contribution in [1.82, 2.24) is 19.9 Å². The van der Waals surface area contributed by atoms with Gasteiger partial charge in [0.2, 0.25) is 0 Å². The Bertz CT molecular complexity index is 1610. The fourth-order valence-corrected chi connectivity index (χ4v) is 5.01. The van der Waals surface area contributed by atoms with Crippen molar-refractivity contribution in [3.05, 3.63) is 81.9 Å². The summed E-state index contributed by atoms with van der Waals surface area (Å²) in [4.78, 5) is 31.3. The van der Waals surface area contributed by atoms with Crippen molar-refractivity contribution < 1.29 is 4.74 Å². The molecule has 1 fully saturated rings. The lowest BCUT2D eigenvalue weighted by Gasteiger charge is -2.28. The maximum absolute atomic E-state index is 13.4. The van der Waals surface area contributed by atoms with Gasteiger partial charge in [-0.2, -0.15) is 0 Å². The zero-order valence-electron chi connectivity index (χ0n) is 20.3. The number of nitrogens with zero attached hydrogens (tertiary/aromatic N) is 3. The number of aromatic nitrogens is 4. The maximum Gasteiger partial charge on any atom is 0.261 e. The molecule has 0 aliphatic carbocycles. The first-order valence-electron chi connectivity index (χ1n) is 12.5. The van der Waals surface area contributed by atoms with Gasteiger partial charge in [-0.05, 0) is 61.4 Å². The largest absolute Gasteiger partial charge is 0.384 e. The quantitative estimate of drug-likeness (QED) is 0.264. The number of benzene rings is 2. The molecule has 0 unspecified atom stereocenters. The molecule has 0 atom stereocenters. The van der Waals surface area contributed by atoms with Gasteiger partial charge in [-0.15, -0.1) is 0 Å². The summed E-state index contributed by atoms with van der Waals surface area (Å²) in [7, 11) is 0. The van der Waals surface area contributed by atoms with Crippen molar-refractivity contribution >= 4 is 44.9 Å². The number of fused-ring (bicyclic) bond motifs is 2. The molecule has 0 amide bonds. The minimum Gasteiger partial charge on any atom is -0.384 e. The van der Waals surface area contributed by atoms with Crippen LogP contribution < -0.4 is 15.8 Å². The number of anilines is 2. The lowest BCUT2D eigenvalue weighted by Crippen LogP contribution is -2.36. The highest BCUT2D eigenvalue weighted by Gasteiger charge is 2.19. The molecule has 1 aliphatic heterocycles. The predicted molar refractivity (Wildman–Crippen MR) is 149 cm³/mol. The molecule has 4 heterocycles. The molecule has 3 N–H and O–H groups in total. The van der Waals surface area contributed by atoms with Crippen molar-refractivity contribution in [3.63, 3.8) is 0 Å². The first-order chi connectivity index (χ1) is 18.2. The van der Waals surface area contributed by atoms with Crippen LogP contribution in [0, 0.1) is 0 Å². The summed E-state index contributed by atoms with van der Waals surface area (Å²) in [6.07, 6.45) is 3.49. The standard InChI is InChI=1S/C28H27ClN6O2/c29-18-6-8-22-21(16-18)26(31-11-3-5-19-4-1-2-10-30-19)25(28(36)34-22)27-32-23-9-7-20(17-24(23)33-27)35-12-14-37-15-13-35/h1-2,4,6-10,16-17H,3,5,11-15H2,(H,32,33)(H2,31,34,36). The van der Waals surface area contributed by atoms with Gasteiger partial charge >= 0.3 is 0 Å². The minimum atomic E-state index is -0.213. The second-order valence-corrected chi connectivity index (χ2v) is 9.57. The molecule has 37 heavy (non-hydrogen) atoms. The molecule has 6 rings (SSSR count). The lowest BCUT2D eigenvalue weighted by atomic mass is 10.1. The Balaban J connectivity index is 1.37. The summed E-state index contributed by atoms with van der Waals surface area (Å²) in [6, 6.07) is 17.6. The van der Waals surface area contributed by atoms with E-state index < -0.39 is 0 Å². The molecule has 0 radical (unpaired) electrons. The number of halogens is 1. The maximum atomic E-state index is 13.4. The van der Waals surface area contributed by atoms with Gasteiger partial charge in [0.15, 0.2) is 0 Å². The van der Waals surface area contributed by atoms with Crippen molar-refractivity contribution in [2.75, 3.05) is 43.1 Å². The van der Waals surface area contributed by atoms with Crippen LogP contribution >= 0.6 is 11.6 Å². The van der Waals surface area contributed by atoms with E-state index >= 15 is 0 Å². The van der Waals surface area contributed by atoms with Gasteiger partial charge in [0.05, 0.1) is 35.5 Å². The molecule has 1 saturated heterocycles. The Morgan fingerprint density at radius 2 is 1.92 bits per heavy atom. The van der Waals surface area contributed by atoms with Crippen LogP contribution in [0.15, 0.2) is 65.6 Å². The molecule has 5 aromatic rings. The SMILES string of the molecule is O=c1[nH]c2ccc(Cl)cc2c(NCCCc2ccccn2)c1-c1nc2ccc(N3CCOCC3)cc2[nH]1. The third kappa shape index (κ3) is 4.90. The van der Waals surface area contributed by atoms with E-state index in [4.69, 9.17) is 21.3 Å². The number of aromatic amines is 2. The summed E-state index contributed by atoms with van der Waals surface area (Å²) in [5.41, 5.74) is 5.52. The highest BCUT2D eigenvalue weighted by molar-refractivity contribution is 6.31. The summed E-state index contributed by atoms with van der Waals surface area (Å²) in [5, 5.41) is 4.95. The van der Waals surface area contributed by atoms with E-state index in [9.17, 15) is 4.79 Å². The number of nitrogens with one attached hydrogen (secondary N) is 3. The van der Waals surface area contributed by atoms with Gasteiger partial charge in [-0.25, -0.2) is 4.98 Å². The van der Waals surface area contributed by atoms with E-state index in [-0.39, 0.29) is 5.56 Å². The normalized spacial score (nSPS) is 13.9. The summed E-state index contributed by atoms with van der Waals surface area (Å²) >= 11 is 6.36. The van der Waals surface area contributed by atoms with E-state index in [0.29, 0.717) is 23.0 Å². The van der Waals surface area contributed by atoms with Crippen LogP contribution in [0.5, 0.6) is 0 Å². The van der Waals surface area contributed by atoms with Crippen LogP contribution in [0.3, 0.4) is 0 Å². The van der Waals surface area contributed by atoms with E-state index in [2.05, 4.69) is 37.3 Å². The average Bonchev–Trinajstić information content (AvgIpc) is 3.35. The number of pyridine rings is 2. The van der Waals surface area contributed by atoms with Gasteiger partial charge in [0, 0.05) is 47.6 Å². The number of aryl methyl sites for hydroxylation is 1. The monoisotopic (exact) mass is 514 g/mol. The van der Waals surface area contributed by atoms with Gasteiger partial charge in [0.25, 0.3) is 5.56 Å². The van der Waals surface area contributed by atoms with Crippen LogP contribution in [0.25, 0.3) is 33.3 Å². The predicted octanol–water partition coefficient (Wildman–Crippen LogP) is 5.00. The van der Waals surface area contributed by atoms with Crippen LogP contribution in [0.1, 0.15) is 12.1 Å². The van der Waals surface area contributed by atoms with Crippen molar-refractivity contribution in [2.24, 2.45) is 0 Å². The van der Waals surface area contributed by atoms with Crippen molar-refractivity contribution in [1.29, 1.82) is 0 Å². The zero-order chi connectivity index (χ0) is 25.2. The van der Waals surface area contributed by atoms with Gasteiger partial charge in [-0.1, -0.05) is 17.7 Å². The Labute approximate surface area is 218 Å². The first-order valence-corrected chi connectivity index (χ1v) is 12.9. The molecule has 0 spiro atoms.